The van der Waals surface area contributed by atoms with E-state index in [9.17, 15) is 18.7 Å². The minimum atomic E-state index is -2.83. The number of carbonyl (C=O) groups excluding carboxylic acids is 2. The lowest BCUT2D eigenvalue weighted by atomic mass is 10.1. The molecule has 9 nitrogen and oxygen atoms in total. The molecule has 2 atom stereocenters. The summed E-state index contributed by atoms with van der Waals surface area (Å²) in [6, 6.07) is 0. The van der Waals surface area contributed by atoms with Gasteiger partial charge in [0.1, 0.15) is 0 Å². The van der Waals surface area contributed by atoms with Crippen LogP contribution >= 0.6 is 16.5 Å². The highest BCUT2D eigenvalue weighted by molar-refractivity contribution is 7.34. The zero-order valence-electron chi connectivity index (χ0n) is 10.6. The average Bonchev–Trinajstić information content (AvgIpc) is 2.31. The van der Waals surface area contributed by atoms with Crippen LogP contribution in [-0.4, -0.2) is 18.4 Å². The van der Waals surface area contributed by atoms with Crippen molar-refractivity contribution in [2.75, 3.05) is 0 Å². The molecule has 0 aliphatic carbocycles. The van der Waals surface area contributed by atoms with E-state index < -0.39 is 34.9 Å². The Morgan fingerprint density at radius 2 is 1.25 bits per heavy atom. The van der Waals surface area contributed by atoms with Crippen molar-refractivity contribution in [3.8, 4) is 0 Å². The molecule has 1 aliphatic heterocycles. The van der Waals surface area contributed by atoms with E-state index in [4.69, 9.17) is 5.73 Å². The van der Waals surface area contributed by atoms with Gasteiger partial charge in [-0.3, -0.25) is 5.73 Å². The SMILES string of the molecule is NC1O[P+](=O)OC(=O)CCCCCCC(=O)O[P+](=O)O1. The number of hydrogen-bond donors (Lipinski definition) is 1. The smallest absolute Gasteiger partial charge is 0.275 e. The van der Waals surface area contributed by atoms with Gasteiger partial charge >= 0.3 is 34.9 Å². The highest BCUT2D eigenvalue weighted by Gasteiger charge is 2.38. The highest BCUT2D eigenvalue weighted by atomic mass is 31.1. The van der Waals surface area contributed by atoms with Gasteiger partial charge in [-0.25, -0.2) is 9.59 Å². The van der Waals surface area contributed by atoms with E-state index in [2.05, 4.69) is 18.1 Å². The minimum Gasteiger partial charge on any atom is -0.275 e. The average molecular weight is 327 g/mol. The van der Waals surface area contributed by atoms with Crippen LogP contribution in [0.15, 0.2) is 0 Å². The lowest BCUT2D eigenvalue weighted by Crippen LogP contribution is -2.22. The molecular weight excluding hydrogens is 312 g/mol. The first-order chi connectivity index (χ1) is 9.47. The number of carbonyl (C=O) groups is 2. The first-order valence-electron chi connectivity index (χ1n) is 5.92. The van der Waals surface area contributed by atoms with Crippen molar-refractivity contribution in [1.82, 2.24) is 0 Å². The van der Waals surface area contributed by atoms with Crippen LogP contribution in [0.1, 0.15) is 38.5 Å². The van der Waals surface area contributed by atoms with Crippen molar-refractivity contribution in [2.45, 2.75) is 44.9 Å². The van der Waals surface area contributed by atoms with Gasteiger partial charge in [-0.15, -0.1) is 0 Å². The molecule has 1 fully saturated rings. The van der Waals surface area contributed by atoms with Gasteiger partial charge in [0, 0.05) is 9.13 Å². The molecule has 0 spiro atoms. The molecule has 0 aromatic rings. The molecule has 1 saturated heterocycles. The van der Waals surface area contributed by atoms with Crippen molar-refractivity contribution >= 4 is 28.4 Å². The number of nitrogens with two attached hydrogens (primary N) is 1. The monoisotopic (exact) mass is 327 g/mol. The molecular formula is C9H15NO8P2+2. The van der Waals surface area contributed by atoms with Crippen molar-refractivity contribution in [3.63, 3.8) is 0 Å². The standard InChI is InChI=1S/C9H15NO8P2/c10-9-17-19(13)15-7(11)5-3-1-2-4-6-8(12)16-20(14)18-9/h9H,1-6,10H2/q+2. The second kappa shape index (κ2) is 9.05. The molecule has 0 bridgehead atoms. The molecule has 1 aliphatic rings. The van der Waals surface area contributed by atoms with Crippen LogP contribution in [0.2, 0.25) is 0 Å². The molecule has 1 heterocycles. The van der Waals surface area contributed by atoms with E-state index in [0.29, 0.717) is 25.7 Å². The fourth-order valence-electron chi connectivity index (χ4n) is 1.38. The summed E-state index contributed by atoms with van der Waals surface area (Å²) in [6.07, 6.45) is 0.929. The van der Waals surface area contributed by atoms with Crippen LogP contribution in [0, 0.1) is 0 Å². The lowest BCUT2D eigenvalue weighted by Gasteiger charge is -1.96. The van der Waals surface area contributed by atoms with Crippen molar-refractivity contribution in [3.05, 3.63) is 0 Å². The second-order valence-corrected chi connectivity index (χ2v) is 5.55. The van der Waals surface area contributed by atoms with Gasteiger partial charge in [0.05, 0.1) is 12.8 Å². The Kier molecular flexibility index (Phi) is 7.72. The third kappa shape index (κ3) is 7.57. The van der Waals surface area contributed by atoms with E-state index in [1.165, 1.54) is 0 Å². The minimum absolute atomic E-state index is 0.0826. The topological polar surface area (TPSA) is 131 Å². The Morgan fingerprint density at radius 1 is 0.850 bits per heavy atom. The summed E-state index contributed by atoms with van der Waals surface area (Å²) in [6.45, 7) is 0. The molecule has 0 radical (unpaired) electrons. The lowest BCUT2D eigenvalue weighted by molar-refractivity contribution is -0.135. The fourth-order valence-corrected chi connectivity index (χ4v) is 2.48. The van der Waals surface area contributed by atoms with Crippen LogP contribution in [0.25, 0.3) is 0 Å². The molecule has 112 valence electrons. The molecule has 0 amide bonds. The Hall–Kier alpha value is -0.980. The maximum Gasteiger partial charge on any atom is 0.757 e. The third-order valence-electron chi connectivity index (χ3n) is 2.24. The molecule has 11 heteroatoms. The van der Waals surface area contributed by atoms with Crippen molar-refractivity contribution in [2.24, 2.45) is 5.73 Å². The summed E-state index contributed by atoms with van der Waals surface area (Å²) in [4.78, 5) is 22.5. The largest absolute Gasteiger partial charge is 0.757 e. The van der Waals surface area contributed by atoms with E-state index in [-0.39, 0.29) is 12.8 Å². The second-order valence-electron chi connectivity index (χ2n) is 3.87. The third-order valence-corrected chi connectivity index (χ3v) is 3.71. The Balaban J connectivity index is 2.57. The van der Waals surface area contributed by atoms with Crippen LogP contribution in [0.5, 0.6) is 0 Å². The number of rotatable bonds is 0. The quantitative estimate of drug-likeness (QED) is 0.663. The van der Waals surface area contributed by atoms with Crippen LogP contribution < -0.4 is 5.73 Å². The summed E-state index contributed by atoms with van der Waals surface area (Å²) in [5.74, 6) is -1.38. The molecule has 1 rings (SSSR count). The van der Waals surface area contributed by atoms with Crippen LogP contribution in [0.3, 0.4) is 0 Å². The maximum atomic E-state index is 11.3. The molecule has 20 heavy (non-hydrogen) atoms. The molecule has 0 aromatic carbocycles. The van der Waals surface area contributed by atoms with Crippen LogP contribution in [0.4, 0.5) is 0 Å². The molecule has 2 N–H and O–H groups in total. The van der Waals surface area contributed by atoms with Crippen molar-refractivity contribution in [1.29, 1.82) is 0 Å². The Bertz CT molecular complexity index is 365. The van der Waals surface area contributed by atoms with Gasteiger partial charge in [0.25, 0.3) is 0 Å². The van der Waals surface area contributed by atoms with Crippen LogP contribution in [-0.2, 0) is 36.8 Å². The van der Waals surface area contributed by atoms with Gasteiger partial charge in [0.2, 0.25) is 0 Å². The molecule has 0 aromatic heterocycles. The summed E-state index contributed by atoms with van der Waals surface area (Å²) >= 11 is 0. The van der Waals surface area contributed by atoms with Gasteiger partial charge in [0.15, 0.2) is 0 Å². The van der Waals surface area contributed by atoms with E-state index in [1.54, 1.807) is 0 Å². The molecule has 2 unspecified atom stereocenters. The predicted octanol–water partition coefficient (Wildman–Crippen LogP) is 2.02. The zero-order chi connectivity index (χ0) is 15.0. The van der Waals surface area contributed by atoms with E-state index >= 15 is 0 Å². The summed E-state index contributed by atoms with van der Waals surface area (Å²) in [5, 5.41) is 0. The predicted molar refractivity (Wildman–Crippen MR) is 65.2 cm³/mol. The van der Waals surface area contributed by atoms with Gasteiger partial charge < -0.3 is 0 Å². The summed E-state index contributed by atoms with van der Waals surface area (Å²) in [7, 11) is -5.67. The van der Waals surface area contributed by atoms with Gasteiger partial charge in [-0.05, 0) is 12.8 Å². The Labute approximate surface area is 117 Å². The molecule has 0 saturated carbocycles. The summed E-state index contributed by atoms with van der Waals surface area (Å²) < 4.78 is 40.2. The fraction of sp³-hybridized carbons (Fsp3) is 0.778. The first-order valence-corrected chi connectivity index (χ1v) is 8.11. The Morgan fingerprint density at radius 3 is 1.65 bits per heavy atom. The van der Waals surface area contributed by atoms with Gasteiger partial charge in [-0.1, -0.05) is 21.9 Å². The van der Waals surface area contributed by atoms with Crippen molar-refractivity contribution < 1.29 is 36.8 Å². The highest BCUT2D eigenvalue weighted by Crippen LogP contribution is 2.32. The maximum absolute atomic E-state index is 11.3. The van der Waals surface area contributed by atoms with Gasteiger partial charge in [-0.2, -0.15) is 9.05 Å². The normalized spacial score (nSPS) is 27.9. The summed E-state index contributed by atoms with van der Waals surface area (Å²) in [5.41, 5.74) is 5.19. The van der Waals surface area contributed by atoms with E-state index in [0.717, 1.165) is 0 Å². The zero-order valence-corrected chi connectivity index (χ0v) is 12.3. The first kappa shape index (κ1) is 17.1. The van der Waals surface area contributed by atoms with E-state index in [1.807, 2.05) is 0 Å². The number of hydrogen-bond acceptors (Lipinski definition) is 9.